The molecule has 2 aliphatic rings. The molecule has 1 unspecified atom stereocenters. The molecule has 3 heteroatoms. The third-order valence-electron chi connectivity index (χ3n) is 4.81. The molecule has 0 amide bonds. The van der Waals surface area contributed by atoms with Gasteiger partial charge in [0.05, 0.1) is 0 Å². The van der Waals surface area contributed by atoms with Crippen molar-refractivity contribution in [3.63, 3.8) is 0 Å². The quantitative estimate of drug-likeness (QED) is 0.787. The van der Waals surface area contributed by atoms with E-state index in [0.717, 1.165) is 25.8 Å². The Morgan fingerprint density at radius 3 is 2.72 bits per heavy atom. The molecule has 0 saturated carbocycles. The monoisotopic (exact) mass is 254 g/mol. The minimum Gasteiger partial charge on any atom is -0.381 e. The third-order valence-corrected chi connectivity index (χ3v) is 4.81. The second kappa shape index (κ2) is 6.88. The van der Waals surface area contributed by atoms with E-state index in [1.807, 2.05) is 0 Å². The molecule has 0 aromatic rings. The maximum atomic E-state index is 5.58. The van der Waals surface area contributed by atoms with Gasteiger partial charge in [0.1, 0.15) is 0 Å². The highest BCUT2D eigenvalue weighted by Gasteiger charge is 2.36. The number of rotatable bonds is 6. The predicted octanol–water partition coefficient (Wildman–Crippen LogP) is 2.27. The molecule has 2 heterocycles. The molecular formula is C15H30N2O. The first kappa shape index (κ1) is 14.3. The topological polar surface area (TPSA) is 24.5 Å². The molecule has 2 rings (SSSR count). The molecule has 0 aromatic carbocycles. The normalized spacial score (nSPS) is 28.7. The molecule has 2 aliphatic heterocycles. The first-order chi connectivity index (χ1) is 8.79. The number of hydrogen-bond acceptors (Lipinski definition) is 3. The number of nitrogens with zero attached hydrogens (tertiary/aromatic N) is 1. The lowest BCUT2D eigenvalue weighted by Gasteiger charge is -2.41. The van der Waals surface area contributed by atoms with Gasteiger partial charge >= 0.3 is 0 Å². The van der Waals surface area contributed by atoms with Gasteiger partial charge in [0.25, 0.3) is 0 Å². The Morgan fingerprint density at radius 2 is 2.06 bits per heavy atom. The predicted molar refractivity (Wildman–Crippen MR) is 75.9 cm³/mol. The van der Waals surface area contributed by atoms with Gasteiger partial charge in [-0.3, -0.25) is 4.90 Å². The van der Waals surface area contributed by atoms with Crippen LogP contribution in [0, 0.1) is 5.41 Å². The molecule has 106 valence electrons. The van der Waals surface area contributed by atoms with E-state index in [9.17, 15) is 0 Å². The molecule has 1 N–H and O–H groups in total. The molecule has 0 spiro atoms. The lowest BCUT2D eigenvalue weighted by Crippen LogP contribution is -2.48. The van der Waals surface area contributed by atoms with Gasteiger partial charge in [0.2, 0.25) is 0 Å². The minimum atomic E-state index is 0.464. The molecule has 1 atom stereocenters. The maximum Gasteiger partial charge on any atom is 0.0472 e. The van der Waals surface area contributed by atoms with Gasteiger partial charge in [-0.15, -0.1) is 0 Å². The van der Waals surface area contributed by atoms with Crippen LogP contribution in [0.1, 0.15) is 46.0 Å². The summed E-state index contributed by atoms with van der Waals surface area (Å²) in [4.78, 5) is 2.75. The summed E-state index contributed by atoms with van der Waals surface area (Å²) in [5, 5.41) is 3.58. The van der Waals surface area contributed by atoms with E-state index in [1.165, 1.54) is 51.7 Å². The number of ether oxygens (including phenoxy) is 1. The molecule has 2 fully saturated rings. The molecular weight excluding hydrogens is 224 g/mol. The van der Waals surface area contributed by atoms with Crippen molar-refractivity contribution in [3.8, 4) is 0 Å². The molecule has 0 radical (unpaired) electrons. The van der Waals surface area contributed by atoms with Crippen LogP contribution in [0.5, 0.6) is 0 Å². The van der Waals surface area contributed by atoms with Crippen molar-refractivity contribution in [1.82, 2.24) is 10.2 Å². The average Bonchev–Trinajstić information content (AvgIpc) is 2.84. The second-order valence-electron chi connectivity index (χ2n) is 6.07. The van der Waals surface area contributed by atoms with E-state index >= 15 is 0 Å². The Kier molecular flexibility index (Phi) is 5.46. The van der Waals surface area contributed by atoms with Crippen molar-refractivity contribution >= 4 is 0 Å². The van der Waals surface area contributed by atoms with Crippen LogP contribution in [0.4, 0.5) is 0 Å². The second-order valence-corrected chi connectivity index (χ2v) is 6.07. The van der Waals surface area contributed by atoms with Gasteiger partial charge in [-0.2, -0.15) is 0 Å². The Labute approximate surface area is 112 Å². The van der Waals surface area contributed by atoms with Crippen LogP contribution in [0.2, 0.25) is 0 Å². The van der Waals surface area contributed by atoms with Gasteiger partial charge in [-0.25, -0.2) is 0 Å². The summed E-state index contributed by atoms with van der Waals surface area (Å²) >= 11 is 0. The van der Waals surface area contributed by atoms with Crippen LogP contribution >= 0.6 is 0 Å². The van der Waals surface area contributed by atoms with Gasteiger partial charge < -0.3 is 10.1 Å². The Morgan fingerprint density at radius 1 is 1.28 bits per heavy atom. The van der Waals surface area contributed by atoms with Crippen LogP contribution in [0.25, 0.3) is 0 Å². The summed E-state index contributed by atoms with van der Waals surface area (Å²) in [6, 6.07) is 0.839. The zero-order valence-electron chi connectivity index (χ0n) is 12.2. The van der Waals surface area contributed by atoms with E-state index in [1.54, 1.807) is 0 Å². The minimum absolute atomic E-state index is 0.464. The fraction of sp³-hybridized carbons (Fsp3) is 1.00. The summed E-state index contributed by atoms with van der Waals surface area (Å²) in [6.45, 7) is 11.3. The van der Waals surface area contributed by atoms with Gasteiger partial charge in [-0.1, -0.05) is 13.8 Å². The first-order valence-corrected chi connectivity index (χ1v) is 7.82. The van der Waals surface area contributed by atoms with Crippen molar-refractivity contribution in [2.45, 2.75) is 52.0 Å². The molecule has 3 nitrogen and oxygen atoms in total. The van der Waals surface area contributed by atoms with Crippen molar-refractivity contribution < 1.29 is 4.74 Å². The van der Waals surface area contributed by atoms with Crippen LogP contribution in [-0.4, -0.2) is 50.3 Å². The lowest BCUT2D eigenvalue weighted by molar-refractivity contribution is -0.00642. The summed E-state index contributed by atoms with van der Waals surface area (Å²) in [5.74, 6) is 0. The van der Waals surface area contributed by atoms with E-state index < -0.39 is 0 Å². The van der Waals surface area contributed by atoms with Crippen LogP contribution in [-0.2, 0) is 4.74 Å². The maximum absolute atomic E-state index is 5.58. The van der Waals surface area contributed by atoms with Crippen molar-refractivity contribution in [3.05, 3.63) is 0 Å². The van der Waals surface area contributed by atoms with E-state index in [2.05, 4.69) is 24.1 Å². The smallest absolute Gasteiger partial charge is 0.0472 e. The zero-order valence-corrected chi connectivity index (χ0v) is 12.2. The number of hydrogen-bond donors (Lipinski definition) is 1. The first-order valence-electron chi connectivity index (χ1n) is 7.82. The van der Waals surface area contributed by atoms with Crippen LogP contribution in [0.15, 0.2) is 0 Å². The summed E-state index contributed by atoms with van der Waals surface area (Å²) in [7, 11) is 0. The van der Waals surface area contributed by atoms with E-state index in [0.29, 0.717) is 5.41 Å². The number of likely N-dealkylation sites (tertiary alicyclic amines) is 1. The van der Waals surface area contributed by atoms with Crippen molar-refractivity contribution in [2.24, 2.45) is 5.41 Å². The van der Waals surface area contributed by atoms with Gasteiger partial charge in [0, 0.05) is 32.3 Å². The zero-order chi connectivity index (χ0) is 12.8. The fourth-order valence-corrected chi connectivity index (χ4v) is 3.58. The Hall–Kier alpha value is -0.120. The van der Waals surface area contributed by atoms with Crippen LogP contribution in [0.3, 0.4) is 0 Å². The summed E-state index contributed by atoms with van der Waals surface area (Å²) in [6.07, 6.45) is 6.57. The average molecular weight is 254 g/mol. The summed E-state index contributed by atoms with van der Waals surface area (Å²) < 4.78 is 5.58. The van der Waals surface area contributed by atoms with Gasteiger partial charge in [0.15, 0.2) is 0 Å². The SMILES string of the molecule is CCNCC1(CN2CCCC2CC)CCOCC1. The van der Waals surface area contributed by atoms with Crippen molar-refractivity contribution in [2.75, 3.05) is 39.4 Å². The molecule has 18 heavy (non-hydrogen) atoms. The highest BCUT2D eigenvalue weighted by molar-refractivity contribution is 4.90. The molecule has 0 aliphatic carbocycles. The van der Waals surface area contributed by atoms with E-state index in [-0.39, 0.29) is 0 Å². The third kappa shape index (κ3) is 3.46. The molecule has 2 saturated heterocycles. The highest BCUT2D eigenvalue weighted by Crippen LogP contribution is 2.34. The van der Waals surface area contributed by atoms with Crippen molar-refractivity contribution in [1.29, 1.82) is 0 Å². The van der Waals surface area contributed by atoms with Crippen LogP contribution < -0.4 is 5.32 Å². The fourth-order valence-electron chi connectivity index (χ4n) is 3.58. The Bertz CT molecular complexity index is 239. The number of nitrogens with one attached hydrogen (secondary N) is 1. The summed E-state index contributed by atoms with van der Waals surface area (Å²) in [5.41, 5.74) is 0.464. The van der Waals surface area contributed by atoms with Gasteiger partial charge in [-0.05, 0) is 50.6 Å². The lowest BCUT2D eigenvalue weighted by atomic mass is 9.79. The molecule has 0 bridgehead atoms. The Balaban J connectivity index is 1.95. The highest BCUT2D eigenvalue weighted by atomic mass is 16.5. The standard InChI is InChI=1S/C15H30N2O/c1-3-14-6-5-9-17(14)13-15(12-16-4-2)7-10-18-11-8-15/h14,16H,3-13H2,1-2H3. The molecule has 0 aromatic heterocycles. The van der Waals surface area contributed by atoms with E-state index in [4.69, 9.17) is 4.74 Å². The largest absolute Gasteiger partial charge is 0.381 e.